The predicted molar refractivity (Wildman–Crippen MR) is 149 cm³/mol. The summed E-state index contributed by atoms with van der Waals surface area (Å²) in [6.45, 7) is 7.41. The lowest BCUT2D eigenvalue weighted by Crippen LogP contribution is -2.62. The van der Waals surface area contributed by atoms with Gasteiger partial charge in [0, 0.05) is 43.7 Å². The van der Waals surface area contributed by atoms with Gasteiger partial charge in [-0.05, 0) is 98.5 Å². The highest BCUT2D eigenvalue weighted by atomic mass is 16.4. The Morgan fingerprint density at radius 1 is 1.10 bits per heavy atom. The van der Waals surface area contributed by atoms with E-state index in [0.29, 0.717) is 38.0 Å². The van der Waals surface area contributed by atoms with Gasteiger partial charge in [-0.15, -0.1) is 0 Å². The summed E-state index contributed by atoms with van der Waals surface area (Å²) in [5.74, 6) is 1.31. The topological polar surface area (TPSA) is 123 Å². The second-order valence-electron chi connectivity index (χ2n) is 13.9. The van der Waals surface area contributed by atoms with Crippen molar-refractivity contribution in [1.29, 1.82) is 0 Å². The summed E-state index contributed by atoms with van der Waals surface area (Å²) in [7, 11) is 0. The monoisotopic (exact) mass is 555 g/mol. The fourth-order valence-electron chi connectivity index (χ4n) is 10.2. The summed E-state index contributed by atoms with van der Waals surface area (Å²) in [5, 5.41) is 25.4. The summed E-state index contributed by atoms with van der Waals surface area (Å²) in [5.41, 5.74) is -0.206. The second-order valence-corrected chi connectivity index (χ2v) is 13.9. The summed E-state index contributed by atoms with van der Waals surface area (Å²) >= 11 is 0. The third kappa shape index (κ3) is 4.39. The van der Waals surface area contributed by atoms with E-state index in [1.54, 1.807) is 11.2 Å². The zero-order chi connectivity index (χ0) is 28.3. The second kappa shape index (κ2) is 10.2. The van der Waals surface area contributed by atoms with Crippen LogP contribution >= 0.6 is 0 Å². The average molecular weight is 556 g/mol. The third-order valence-electron chi connectivity index (χ3n) is 12.4. The van der Waals surface area contributed by atoms with Crippen LogP contribution in [0.15, 0.2) is 27.6 Å². The number of hydrogen-bond acceptors (Lipinski definition) is 6. The van der Waals surface area contributed by atoms with Crippen molar-refractivity contribution < 1.29 is 24.2 Å². The van der Waals surface area contributed by atoms with E-state index in [1.807, 2.05) is 11.0 Å². The van der Waals surface area contributed by atoms with Crippen LogP contribution < -0.4 is 10.9 Å². The molecule has 1 aromatic rings. The number of nitrogens with one attached hydrogen (secondary N) is 1. The smallest absolute Gasteiger partial charge is 0.407 e. The predicted octanol–water partition coefficient (Wildman–Crippen LogP) is 3.66. The minimum atomic E-state index is -0.861. The van der Waals surface area contributed by atoms with Gasteiger partial charge < -0.3 is 24.8 Å². The number of fused-ring (bicyclic) bond motifs is 5. The first-order valence-corrected chi connectivity index (χ1v) is 15.3. The standard InChI is InChI=1S/C31H45N3O6/c1-29-10-7-22(34(28(37)38)16-15-33-14-13-32-26(35)18-33)17-21(29)4-5-25-24(29)8-11-30(2)23(9-12-31(25,30)39)20-3-6-27(36)40-19-20/h3,6,19,21-25,39H,4-5,7-18H2,1-2H3,(H,32,35)(H,37,38)/t21-,22+,23-,24+,25-,29+,30-,31+/m1/s1. The largest absolute Gasteiger partial charge is 0.465 e. The molecule has 0 bridgehead atoms. The highest BCUT2D eigenvalue weighted by Gasteiger charge is 2.67. The molecule has 40 heavy (non-hydrogen) atoms. The van der Waals surface area contributed by atoms with E-state index in [9.17, 15) is 24.6 Å². The number of carbonyl (C=O) groups excluding carboxylic acids is 1. The molecule has 0 radical (unpaired) electrons. The fraction of sp³-hybridized carbons (Fsp3) is 0.774. The number of aliphatic hydroxyl groups is 1. The normalized spacial score (nSPS) is 41.4. The van der Waals surface area contributed by atoms with E-state index < -0.39 is 11.7 Å². The molecule has 1 saturated heterocycles. The maximum Gasteiger partial charge on any atom is 0.407 e. The number of rotatable bonds is 5. The molecule has 0 aromatic carbocycles. The molecule has 220 valence electrons. The summed E-state index contributed by atoms with van der Waals surface area (Å²) in [4.78, 5) is 39.4. The molecule has 9 heteroatoms. The molecule has 1 aliphatic heterocycles. The maximum atomic E-state index is 12.5. The van der Waals surface area contributed by atoms with Gasteiger partial charge in [-0.25, -0.2) is 9.59 Å². The van der Waals surface area contributed by atoms with E-state index >= 15 is 0 Å². The van der Waals surface area contributed by atoms with Crippen LogP contribution in [0.1, 0.15) is 83.1 Å². The molecule has 5 aliphatic rings. The number of carboxylic acid groups (broad SMARTS) is 1. The maximum absolute atomic E-state index is 12.5. The number of hydrogen-bond donors (Lipinski definition) is 3. The van der Waals surface area contributed by atoms with Crippen LogP contribution in [-0.2, 0) is 4.79 Å². The lowest BCUT2D eigenvalue weighted by atomic mass is 9.43. The van der Waals surface area contributed by atoms with Crippen LogP contribution in [0.5, 0.6) is 0 Å². The van der Waals surface area contributed by atoms with Gasteiger partial charge in [0.25, 0.3) is 0 Å². The minimum absolute atomic E-state index is 0.00582. The van der Waals surface area contributed by atoms with Gasteiger partial charge in [-0.1, -0.05) is 13.8 Å². The number of nitrogens with zero attached hydrogens (tertiary/aromatic N) is 2. The fourth-order valence-corrected chi connectivity index (χ4v) is 10.2. The molecule has 0 spiro atoms. The Hall–Kier alpha value is -2.39. The molecule has 4 saturated carbocycles. The SMILES string of the molecule is C[C@]12CC[C@H](N(CCN3CCNC(=O)C3)C(=O)O)C[C@H]1CC[C@@H]1[C@@H]2CC[C@]2(C)[C@@H](c3ccc(=O)oc3)CC[C@]12O. The van der Waals surface area contributed by atoms with Gasteiger partial charge in [-0.2, -0.15) is 0 Å². The van der Waals surface area contributed by atoms with Gasteiger partial charge in [0.15, 0.2) is 0 Å². The molecule has 2 heterocycles. The quantitative estimate of drug-likeness (QED) is 0.507. The molecule has 9 nitrogen and oxygen atoms in total. The summed E-state index contributed by atoms with van der Waals surface area (Å²) in [6, 6.07) is 3.38. The van der Waals surface area contributed by atoms with Crippen LogP contribution in [0.4, 0.5) is 4.79 Å². The van der Waals surface area contributed by atoms with Gasteiger partial charge >= 0.3 is 11.7 Å². The van der Waals surface area contributed by atoms with E-state index in [4.69, 9.17) is 4.42 Å². The lowest BCUT2D eigenvalue weighted by molar-refractivity contribution is -0.203. The zero-order valence-electron chi connectivity index (χ0n) is 23.9. The third-order valence-corrected chi connectivity index (χ3v) is 12.4. The number of amides is 2. The molecule has 0 unspecified atom stereocenters. The summed E-state index contributed by atoms with van der Waals surface area (Å²) in [6.07, 6.45) is 9.17. The van der Waals surface area contributed by atoms with E-state index in [0.717, 1.165) is 69.9 Å². The highest BCUT2D eigenvalue weighted by molar-refractivity contribution is 5.78. The van der Waals surface area contributed by atoms with Crippen molar-refractivity contribution in [3.63, 3.8) is 0 Å². The van der Waals surface area contributed by atoms with Crippen molar-refractivity contribution in [3.8, 4) is 0 Å². The Balaban J connectivity index is 1.16. The van der Waals surface area contributed by atoms with Gasteiger partial charge in [0.2, 0.25) is 5.91 Å². The van der Waals surface area contributed by atoms with Crippen molar-refractivity contribution in [1.82, 2.24) is 15.1 Å². The van der Waals surface area contributed by atoms with Crippen LogP contribution in [-0.4, -0.2) is 76.4 Å². The Morgan fingerprint density at radius 3 is 2.65 bits per heavy atom. The van der Waals surface area contributed by atoms with Crippen molar-refractivity contribution >= 4 is 12.0 Å². The lowest BCUT2D eigenvalue weighted by Gasteiger charge is -2.64. The Labute approximate surface area is 236 Å². The van der Waals surface area contributed by atoms with Crippen LogP contribution in [0.3, 0.4) is 0 Å². The van der Waals surface area contributed by atoms with Gasteiger partial charge in [0.05, 0.1) is 18.4 Å². The first-order valence-electron chi connectivity index (χ1n) is 15.3. The first-order chi connectivity index (χ1) is 19.0. The molecule has 1 aromatic heterocycles. The number of piperazine rings is 1. The molecule has 8 atom stereocenters. The molecule has 5 fully saturated rings. The average Bonchev–Trinajstić information content (AvgIpc) is 3.20. The van der Waals surface area contributed by atoms with Crippen molar-refractivity contribution in [3.05, 3.63) is 34.4 Å². The van der Waals surface area contributed by atoms with Gasteiger partial charge in [0.1, 0.15) is 0 Å². The zero-order valence-corrected chi connectivity index (χ0v) is 23.9. The van der Waals surface area contributed by atoms with E-state index in [-0.39, 0.29) is 40.2 Å². The Kier molecular flexibility index (Phi) is 7.05. The molecule has 4 aliphatic carbocycles. The molecular formula is C31H45N3O6. The van der Waals surface area contributed by atoms with E-state index in [1.165, 1.54) is 6.07 Å². The van der Waals surface area contributed by atoms with Crippen molar-refractivity contribution in [2.75, 3.05) is 32.7 Å². The molecular weight excluding hydrogens is 510 g/mol. The summed E-state index contributed by atoms with van der Waals surface area (Å²) < 4.78 is 5.22. The van der Waals surface area contributed by atoms with Crippen molar-refractivity contribution in [2.24, 2.45) is 28.6 Å². The molecule has 3 N–H and O–H groups in total. The van der Waals surface area contributed by atoms with Crippen molar-refractivity contribution in [2.45, 2.75) is 89.2 Å². The van der Waals surface area contributed by atoms with Crippen LogP contribution in [0, 0.1) is 28.6 Å². The van der Waals surface area contributed by atoms with Gasteiger partial charge in [-0.3, -0.25) is 9.69 Å². The Bertz CT molecular complexity index is 1180. The molecule has 2 amide bonds. The highest BCUT2D eigenvalue weighted by Crippen LogP contribution is 2.70. The Morgan fingerprint density at radius 2 is 1.93 bits per heavy atom. The van der Waals surface area contributed by atoms with Crippen LogP contribution in [0.25, 0.3) is 0 Å². The minimum Gasteiger partial charge on any atom is -0.465 e. The number of carbonyl (C=O) groups is 2. The first kappa shape index (κ1) is 27.8. The van der Waals surface area contributed by atoms with E-state index in [2.05, 4.69) is 19.2 Å². The molecule has 6 rings (SSSR count). The van der Waals surface area contributed by atoms with Crippen LogP contribution in [0.2, 0.25) is 0 Å².